The monoisotopic (exact) mass is 240 g/mol. The molecule has 0 aliphatic carbocycles. The highest BCUT2D eigenvalue weighted by molar-refractivity contribution is 5.04. The van der Waals surface area contributed by atoms with Crippen molar-refractivity contribution in [2.24, 2.45) is 5.41 Å². The van der Waals surface area contributed by atoms with Crippen LogP contribution in [0.4, 0.5) is 0 Å². The fraction of sp³-hybridized carbons (Fsp3) is 1.00. The Balaban J connectivity index is 2.11. The van der Waals surface area contributed by atoms with Crippen molar-refractivity contribution < 1.29 is 4.74 Å². The Morgan fingerprint density at radius 3 is 2.47 bits per heavy atom. The first kappa shape index (κ1) is 13.3. The van der Waals surface area contributed by atoms with Gasteiger partial charge in [-0.15, -0.1) is 0 Å². The van der Waals surface area contributed by atoms with Crippen LogP contribution in [0.5, 0.6) is 0 Å². The second-order valence-corrected chi connectivity index (χ2v) is 6.60. The molecule has 100 valence electrons. The fourth-order valence-electron chi connectivity index (χ4n) is 3.50. The lowest BCUT2D eigenvalue weighted by atomic mass is 9.71. The molecule has 0 aromatic heterocycles. The maximum absolute atomic E-state index is 6.25. The SMILES string of the molecule is CCN1CCC2(CC1)OCCNC2C(C)(C)C. The smallest absolute Gasteiger partial charge is 0.0864 e. The van der Waals surface area contributed by atoms with Gasteiger partial charge in [0.15, 0.2) is 0 Å². The number of nitrogens with one attached hydrogen (secondary N) is 1. The molecular weight excluding hydrogens is 212 g/mol. The topological polar surface area (TPSA) is 24.5 Å². The molecule has 1 atom stereocenters. The number of ether oxygens (including phenoxy) is 1. The molecule has 0 aromatic carbocycles. The second-order valence-electron chi connectivity index (χ2n) is 6.60. The van der Waals surface area contributed by atoms with Crippen LogP contribution < -0.4 is 5.32 Å². The van der Waals surface area contributed by atoms with Crippen molar-refractivity contribution in [1.82, 2.24) is 10.2 Å². The molecule has 2 heterocycles. The van der Waals surface area contributed by atoms with Gasteiger partial charge < -0.3 is 15.0 Å². The number of morpholine rings is 1. The van der Waals surface area contributed by atoms with E-state index < -0.39 is 0 Å². The summed E-state index contributed by atoms with van der Waals surface area (Å²) in [5, 5.41) is 3.71. The summed E-state index contributed by atoms with van der Waals surface area (Å²) in [6.07, 6.45) is 2.35. The molecule has 2 rings (SSSR count). The largest absolute Gasteiger partial charge is 0.372 e. The van der Waals surface area contributed by atoms with Gasteiger partial charge in [-0.05, 0) is 24.8 Å². The van der Waals surface area contributed by atoms with Gasteiger partial charge in [0, 0.05) is 25.7 Å². The van der Waals surface area contributed by atoms with Crippen molar-refractivity contribution in [3.05, 3.63) is 0 Å². The third-order valence-corrected chi connectivity index (χ3v) is 4.38. The van der Waals surface area contributed by atoms with Crippen molar-refractivity contribution in [3.8, 4) is 0 Å². The molecule has 17 heavy (non-hydrogen) atoms. The van der Waals surface area contributed by atoms with E-state index in [0.717, 1.165) is 13.2 Å². The summed E-state index contributed by atoms with van der Waals surface area (Å²) >= 11 is 0. The Bertz CT molecular complexity index is 251. The zero-order chi connectivity index (χ0) is 12.5. The van der Waals surface area contributed by atoms with Crippen molar-refractivity contribution in [1.29, 1.82) is 0 Å². The summed E-state index contributed by atoms with van der Waals surface area (Å²) in [5.74, 6) is 0. The summed E-state index contributed by atoms with van der Waals surface area (Å²) in [6, 6.07) is 0.489. The van der Waals surface area contributed by atoms with E-state index in [1.54, 1.807) is 0 Å². The number of hydrogen-bond donors (Lipinski definition) is 1. The van der Waals surface area contributed by atoms with E-state index in [2.05, 4.69) is 37.9 Å². The highest BCUT2D eigenvalue weighted by Crippen LogP contribution is 2.39. The normalized spacial score (nSPS) is 30.7. The van der Waals surface area contributed by atoms with Crippen molar-refractivity contribution in [2.75, 3.05) is 32.8 Å². The molecule has 3 heteroatoms. The average molecular weight is 240 g/mol. The maximum Gasteiger partial charge on any atom is 0.0864 e. The van der Waals surface area contributed by atoms with E-state index in [-0.39, 0.29) is 11.0 Å². The van der Waals surface area contributed by atoms with Gasteiger partial charge in [0.05, 0.1) is 12.2 Å². The Morgan fingerprint density at radius 1 is 1.29 bits per heavy atom. The summed E-state index contributed by atoms with van der Waals surface area (Å²) in [4.78, 5) is 2.53. The molecule has 1 unspecified atom stereocenters. The molecule has 1 spiro atoms. The minimum absolute atomic E-state index is 0.0855. The van der Waals surface area contributed by atoms with Gasteiger partial charge in [-0.25, -0.2) is 0 Å². The van der Waals surface area contributed by atoms with Crippen molar-refractivity contribution in [3.63, 3.8) is 0 Å². The molecule has 0 saturated carbocycles. The van der Waals surface area contributed by atoms with E-state index in [0.29, 0.717) is 6.04 Å². The summed E-state index contributed by atoms with van der Waals surface area (Å²) in [7, 11) is 0. The lowest BCUT2D eigenvalue weighted by Crippen LogP contribution is -2.66. The Hall–Kier alpha value is -0.120. The minimum Gasteiger partial charge on any atom is -0.372 e. The molecular formula is C14H28N2O. The maximum atomic E-state index is 6.25. The van der Waals surface area contributed by atoms with Gasteiger partial charge >= 0.3 is 0 Å². The molecule has 0 aromatic rings. The third kappa shape index (κ3) is 2.67. The lowest BCUT2D eigenvalue weighted by molar-refractivity contribution is -0.148. The highest BCUT2D eigenvalue weighted by atomic mass is 16.5. The first-order valence-corrected chi connectivity index (χ1v) is 7.08. The predicted octanol–water partition coefficient (Wildman–Crippen LogP) is 1.88. The molecule has 0 radical (unpaired) electrons. The van der Waals surface area contributed by atoms with Crippen LogP contribution >= 0.6 is 0 Å². The zero-order valence-electron chi connectivity index (χ0n) is 11.9. The van der Waals surface area contributed by atoms with E-state index in [4.69, 9.17) is 4.74 Å². The Kier molecular flexibility index (Phi) is 3.81. The van der Waals surface area contributed by atoms with Crippen LogP contribution in [-0.4, -0.2) is 49.3 Å². The number of rotatable bonds is 1. The first-order chi connectivity index (χ1) is 7.98. The van der Waals surface area contributed by atoms with E-state index in [1.165, 1.54) is 32.5 Å². The number of nitrogens with zero attached hydrogens (tertiary/aromatic N) is 1. The van der Waals surface area contributed by atoms with Crippen LogP contribution in [0.1, 0.15) is 40.5 Å². The summed E-state index contributed by atoms with van der Waals surface area (Å²) in [6.45, 7) is 14.6. The van der Waals surface area contributed by atoms with Gasteiger partial charge in [0.1, 0.15) is 0 Å². The number of hydrogen-bond acceptors (Lipinski definition) is 3. The lowest BCUT2D eigenvalue weighted by Gasteiger charge is -2.53. The quantitative estimate of drug-likeness (QED) is 0.757. The second kappa shape index (κ2) is 4.87. The Morgan fingerprint density at radius 2 is 1.94 bits per heavy atom. The van der Waals surface area contributed by atoms with Crippen molar-refractivity contribution in [2.45, 2.75) is 52.2 Å². The van der Waals surface area contributed by atoms with Gasteiger partial charge in [-0.1, -0.05) is 27.7 Å². The molecule has 2 aliphatic heterocycles. The summed E-state index contributed by atoms with van der Waals surface area (Å²) < 4.78 is 6.25. The minimum atomic E-state index is 0.0855. The van der Waals surface area contributed by atoms with Gasteiger partial charge in [0.2, 0.25) is 0 Å². The number of likely N-dealkylation sites (tertiary alicyclic amines) is 1. The fourth-order valence-corrected chi connectivity index (χ4v) is 3.50. The van der Waals surface area contributed by atoms with Crippen LogP contribution in [0.2, 0.25) is 0 Å². The van der Waals surface area contributed by atoms with Crippen LogP contribution in [-0.2, 0) is 4.74 Å². The van der Waals surface area contributed by atoms with E-state index in [1.807, 2.05) is 0 Å². The van der Waals surface area contributed by atoms with Crippen LogP contribution in [0, 0.1) is 5.41 Å². The van der Waals surface area contributed by atoms with E-state index in [9.17, 15) is 0 Å². The zero-order valence-corrected chi connectivity index (χ0v) is 11.9. The molecule has 2 saturated heterocycles. The molecule has 0 bridgehead atoms. The van der Waals surface area contributed by atoms with Crippen LogP contribution in [0.15, 0.2) is 0 Å². The number of piperidine rings is 1. The Labute approximate surface area is 106 Å². The molecule has 1 N–H and O–H groups in total. The van der Waals surface area contributed by atoms with Gasteiger partial charge in [-0.2, -0.15) is 0 Å². The van der Waals surface area contributed by atoms with Gasteiger partial charge in [0.25, 0.3) is 0 Å². The van der Waals surface area contributed by atoms with Crippen LogP contribution in [0.3, 0.4) is 0 Å². The molecule has 2 aliphatic rings. The molecule has 3 nitrogen and oxygen atoms in total. The first-order valence-electron chi connectivity index (χ1n) is 7.08. The van der Waals surface area contributed by atoms with Crippen molar-refractivity contribution >= 4 is 0 Å². The van der Waals surface area contributed by atoms with Crippen LogP contribution in [0.25, 0.3) is 0 Å². The molecule has 0 amide bonds. The average Bonchev–Trinajstić information content (AvgIpc) is 2.29. The molecule has 2 fully saturated rings. The summed E-state index contributed by atoms with van der Waals surface area (Å²) in [5.41, 5.74) is 0.358. The van der Waals surface area contributed by atoms with Gasteiger partial charge in [-0.3, -0.25) is 0 Å². The highest BCUT2D eigenvalue weighted by Gasteiger charge is 2.48. The third-order valence-electron chi connectivity index (χ3n) is 4.38. The van der Waals surface area contributed by atoms with E-state index >= 15 is 0 Å². The standard InChI is InChI=1S/C14H28N2O/c1-5-16-9-6-14(7-10-16)12(13(2,3)4)15-8-11-17-14/h12,15H,5-11H2,1-4H3. The predicted molar refractivity (Wildman–Crippen MR) is 71.3 cm³/mol.